The van der Waals surface area contributed by atoms with Crippen molar-refractivity contribution in [3.8, 4) is 0 Å². The monoisotopic (exact) mass is 236 g/mol. The molecule has 0 spiro atoms. The molecule has 6 N–H and O–H groups in total. The summed E-state index contributed by atoms with van der Waals surface area (Å²) in [7, 11) is 0. The van der Waals surface area contributed by atoms with Crippen LogP contribution in [-0.2, 0) is 0 Å². The van der Waals surface area contributed by atoms with E-state index in [1.807, 2.05) is 0 Å². The summed E-state index contributed by atoms with van der Waals surface area (Å²) in [5.74, 6) is 0.225. The van der Waals surface area contributed by atoms with Crippen LogP contribution in [0, 0.1) is 5.41 Å². The highest BCUT2D eigenvalue weighted by molar-refractivity contribution is 6.02. The highest BCUT2D eigenvalue weighted by Gasteiger charge is 2.18. The highest BCUT2D eigenvalue weighted by Crippen LogP contribution is 2.18. The van der Waals surface area contributed by atoms with Crippen LogP contribution in [0.2, 0.25) is 0 Å². The summed E-state index contributed by atoms with van der Waals surface area (Å²) < 4.78 is 0. The topological polar surface area (TPSA) is 120 Å². The number of nitrogen functional groups attached to an aromatic ring is 1. The predicted octanol–water partition coefficient (Wildman–Crippen LogP) is 0.758. The lowest BCUT2D eigenvalue weighted by molar-refractivity contribution is 0.248. The normalized spacial score (nSPS) is 15.8. The molecule has 0 saturated heterocycles. The van der Waals surface area contributed by atoms with Crippen molar-refractivity contribution in [1.82, 2.24) is 15.5 Å². The first-order valence-corrected chi connectivity index (χ1v) is 5.62. The van der Waals surface area contributed by atoms with Crippen LogP contribution >= 0.6 is 0 Å². The van der Waals surface area contributed by atoms with E-state index in [1.54, 1.807) is 0 Å². The molecule has 0 bridgehead atoms. The van der Waals surface area contributed by atoms with Crippen molar-refractivity contribution >= 4 is 17.7 Å². The van der Waals surface area contributed by atoms with Gasteiger partial charge < -0.3 is 11.1 Å². The van der Waals surface area contributed by atoms with Crippen molar-refractivity contribution < 1.29 is 4.79 Å². The number of nitrogens with one attached hydrogen (secondary N) is 4. The zero-order valence-electron chi connectivity index (χ0n) is 9.42. The fraction of sp³-hybridized carbons (Fsp3) is 0.500. The Hall–Kier alpha value is -2.05. The summed E-state index contributed by atoms with van der Waals surface area (Å²) >= 11 is 0. The fourth-order valence-electron chi connectivity index (χ4n) is 1.99. The second-order valence-corrected chi connectivity index (χ2v) is 4.15. The molecule has 1 aliphatic rings. The number of aromatic amines is 1. The summed E-state index contributed by atoms with van der Waals surface area (Å²) in [6.07, 6.45) is 5.78. The van der Waals surface area contributed by atoms with E-state index in [9.17, 15) is 4.79 Å². The van der Waals surface area contributed by atoms with E-state index < -0.39 is 0 Å². The number of aromatic nitrogens is 2. The molecule has 0 unspecified atom stereocenters. The van der Waals surface area contributed by atoms with Gasteiger partial charge in [0.15, 0.2) is 0 Å². The molecule has 0 aliphatic heterocycles. The number of carbonyl (C=O) groups excluding carboxylic acids is 1. The van der Waals surface area contributed by atoms with Crippen LogP contribution in [-0.4, -0.2) is 28.1 Å². The van der Waals surface area contributed by atoms with Crippen molar-refractivity contribution in [3.63, 3.8) is 0 Å². The molecule has 1 aromatic heterocycles. The maximum atomic E-state index is 11.7. The maximum absolute atomic E-state index is 11.7. The van der Waals surface area contributed by atoms with Gasteiger partial charge in [-0.25, -0.2) is 4.79 Å². The number of hydrogen-bond acceptors (Lipinski definition) is 3. The number of hydrogen-bond donors (Lipinski definition) is 5. The number of amides is 2. The van der Waals surface area contributed by atoms with E-state index in [-0.39, 0.29) is 17.9 Å². The van der Waals surface area contributed by atoms with E-state index in [1.165, 1.54) is 6.20 Å². The maximum Gasteiger partial charge on any atom is 0.320 e. The van der Waals surface area contributed by atoms with Crippen molar-refractivity contribution in [3.05, 3.63) is 11.8 Å². The molecule has 17 heavy (non-hydrogen) atoms. The number of nitrogens with two attached hydrogens (primary N) is 1. The molecule has 0 atom stereocenters. The van der Waals surface area contributed by atoms with Crippen LogP contribution in [0.3, 0.4) is 0 Å². The Bertz CT molecular complexity index is 420. The highest BCUT2D eigenvalue weighted by atomic mass is 16.2. The van der Waals surface area contributed by atoms with Gasteiger partial charge in [-0.1, -0.05) is 12.8 Å². The summed E-state index contributed by atoms with van der Waals surface area (Å²) in [6, 6.07) is -0.0395. The minimum atomic E-state index is -0.288. The summed E-state index contributed by atoms with van der Waals surface area (Å²) in [6.45, 7) is 0. The Kier molecular flexibility index (Phi) is 3.27. The Morgan fingerprint density at radius 1 is 1.53 bits per heavy atom. The molecule has 1 aliphatic carbocycles. The molecule has 0 aromatic carbocycles. The Labute approximate surface area is 98.7 Å². The first-order valence-electron chi connectivity index (χ1n) is 5.62. The van der Waals surface area contributed by atoms with Crippen LogP contribution in [0.1, 0.15) is 31.2 Å². The Morgan fingerprint density at radius 3 is 2.88 bits per heavy atom. The molecule has 1 heterocycles. The van der Waals surface area contributed by atoms with Crippen LogP contribution in [0.5, 0.6) is 0 Å². The smallest absolute Gasteiger partial charge is 0.320 e. The van der Waals surface area contributed by atoms with Crippen molar-refractivity contribution in [2.45, 2.75) is 31.7 Å². The summed E-state index contributed by atoms with van der Waals surface area (Å²) in [5.41, 5.74) is 5.74. The van der Waals surface area contributed by atoms with Crippen molar-refractivity contribution in [2.75, 3.05) is 5.32 Å². The van der Waals surface area contributed by atoms with Gasteiger partial charge in [-0.15, -0.1) is 0 Å². The first-order chi connectivity index (χ1) is 8.16. The number of carbonyl (C=O) groups is 1. The zero-order valence-corrected chi connectivity index (χ0v) is 9.42. The summed E-state index contributed by atoms with van der Waals surface area (Å²) in [5, 5.41) is 19.1. The number of anilines is 1. The summed E-state index contributed by atoms with van der Waals surface area (Å²) in [4.78, 5) is 11.7. The van der Waals surface area contributed by atoms with Gasteiger partial charge in [-0.05, 0) is 12.8 Å². The van der Waals surface area contributed by atoms with Crippen LogP contribution in [0.4, 0.5) is 10.6 Å². The molecule has 1 fully saturated rings. The quantitative estimate of drug-likeness (QED) is 0.393. The van der Waals surface area contributed by atoms with Crippen LogP contribution in [0.15, 0.2) is 6.20 Å². The zero-order chi connectivity index (χ0) is 12.3. The van der Waals surface area contributed by atoms with E-state index in [4.69, 9.17) is 11.1 Å². The fourth-order valence-corrected chi connectivity index (χ4v) is 1.99. The largest absolute Gasteiger partial charge is 0.384 e. The van der Waals surface area contributed by atoms with Gasteiger partial charge in [0.2, 0.25) is 0 Å². The number of H-pyrrole nitrogens is 1. The van der Waals surface area contributed by atoms with Gasteiger partial charge in [-0.3, -0.25) is 15.8 Å². The third-order valence-electron chi connectivity index (χ3n) is 2.86. The molecule has 7 heteroatoms. The molecular formula is C10H16N6O. The number of amidine groups is 1. The van der Waals surface area contributed by atoms with Gasteiger partial charge in [0, 0.05) is 6.04 Å². The van der Waals surface area contributed by atoms with Gasteiger partial charge in [-0.2, -0.15) is 5.10 Å². The standard InChI is InChI=1S/C10H16N6O/c11-8(12)7-5-13-16-9(7)15-10(17)14-6-3-1-2-4-6/h5-6H,1-4H2,(H3,11,12)(H3,13,14,15,16,17). The molecule has 2 rings (SSSR count). The third kappa shape index (κ3) is 2.74. The average Bonchev–Trinajstić information content (AvgIpc) is 2.88. The van der Waals surface area contributed by atoms with E-state index in [0.29, 0.717) is 11.4 Å². The predicted molar refractivity (Wildman–Crippen MR) is 64.0 cm³/mol. The average molecular weight is 236 g/mol. The first kappa shape index (κ1) is 11.4. The molecular weight excluding hydrogens is 220 g/mol. The van der Waals surface area contributed by atoms with E-state index in [0.717, 1.165) is 25.7 Å². The minimum Gasteiger partial charge on any atom is -0.384 e. The molecule has 1 saturated carbocycles. The lowest BCUT2D eigenvalue weighted by atomic mass is 10.2. The van der Waals surface area contributed by atoms with Gasteiger partial charge >= 0.3 is 6.03 Å². The Morgan fingerprint density at radius 2 is 2.24 bits per heavy atom. The van der Waals surface area contributed by atoms with Crippen molar-refractivity contribution in [2.24, 2.45) is 5.73 Å². The second kappa shape index (κ2) is 4.86. The number of nitrogens with zero attached hydrogens (tertiary/aromatic N) is 1. The number of rotatable bonds is 3. The molecule has 0 radical (unpaired) electrons. The van der Waals surface area contributed by atoms with Crippen molar-refractivity contribution in [1.29, 1.82) is 5.41 Å². The lowest BCUT2D eigenvalue weighted by Gasteiger charge is -2.12. The van der Waals surface area contributed by atoms with E-state index in [2.05, 4.69) is 20.8 Å². The molecule has 1 aromatic rings. The number of urea groups is 1. The lowest BCUT2D eigenvalue weighted by Crippen LogP contribution is -2.36. The van der Waals surface area contributed by atoms with Gasteiger partial charge in [0.25, 0.3) is 0 Å². The van der Waals surface area contributed by atoms with Crippen LogP contribution in [0.25, 0.3) is 0 Å². The minimum absolute atomic E-state index is 0.130. The Balaban J connectivity index is 1.93. The molecule has 2 amide bonds. The molecule has 7 nitrogen and oxygen atoms in total. The van der Waals surface area contributed by atoms with Crippen LogP contribution < -0.4 is 16.4 Å². The second-order valence-electron chi connectivity index (χ2n) is 4.15. The van der Waals surface area contributed by atoms with Gasteiger partial charge in [0.05, 0.1) is 11.8 Å². The third-order valence-corrected chi connectivity index (χ3v) is 2.86. The SMILES string of the molecule is N=C(N)c1cn[nH]c1NC(=O)NC1CCCC1. The molecule has 92 valence electrons. The van der Waals surface area contributed by atoms with Gasteiger partial charge in [0.1, 0.15) is 11.7 Å². The van der Waals surface area contributed by atoms with E-state index >= 15 is 0 Å².